The predicted molar refractivity (Wildman–Crippen MR) is 210 cm³/mol. The van der Waals surface area contributed by atoms with Crippen molar-refractivity contribution in [3.05, 3.63) is 194 Å². The third-order valence-electron chi connectivity index (χ3n) is 9.36. The van der Waals surface area contributed by atoms with Crippen molar-refractivity contribution in [3.8, 4) is 78.6 Å². The van der Waals surface area contributed by atoms with Gasteiger partial charge in [-0.3, -0.25) is 0 Å². The molecule has 51 heavy (non-hydrogen) atoms. The van der Waals surface area contributed by atoms with Crippen LogP contribution >= 0.6 is 0 Å². The summed E-state index contributed by atoms with van der Waals surface area (Å²) in [4.78, 5) is 0. The molecule has 1 aliphatic heterocycles. The Hall–Kier alpha value is -6.84. The predicted octanol–water partition coefficient (Wildman–Crippen LogP) is 13.7. The van der Waals surface area contributed by atoms with Crippen molar-refractivity contribution < 1.29 is 9.47 Å². The number of ether oxygens (including phenoxy) is 2. The van der Waals surface area contributed by atoms with Crippen LogP contribution in [0.1, 0.15) is 0 Å². The molecule has 0 atom stereocenters. The van der Waals surface area contributed by atoms with Gasteiger partial charge < -0.3 is 14.8 Å². The molecule has 0 aliphatic carbocycles. The van der Waals surface area contributed by atoms with E-state index in [0.29, 0.717) is 0 Å². The lowest BCUT2D eigenvalue weighted by Crippen LogP contribution is -2.00. The Morgan fingerprint density at radius 1 is 0.314 bits per heavy atom. The van der Waals surface area contributed by atoms with Gasteiger partial charge >= 0.3 is 0 Å². The Morgan fingerprint density at radius 2 is 0.824 bits per heavy atom. The fourth-order valence-corrected chi connectivity index (χ4v) is 6.96. The van der Waals surface area contributed by atoms with E-state index in [1.165, 1.54) is 0 Å². The van der Waals surface area contributed by atoms with Crippen LogP contribution in [0.4, 0.5) is 11.4 Å². The molecule has 1 heterocycles. The molecule has 0 radical (unpaired) electrons. The summed E-state index contributed by atoms with van der Waals surface area (Å²) < 4.78 is 14.1. The highest BCUT2D eigenvalue weighted by Crippen LogP contribution is 2.52. The number of nitrogens with one attached hydrogen (secondary N) is 1. The second-order valence-electron chi connectivity index (χ2n) is 12.5. The van der Waals surface area contributed by atoms with Crippen molar-refractivity contribution >= 4 is 11.4 Å². The molecule has 0 amide bonds. The Kier molecular flexibility index (Phi) is 7.84. The summed E-state index contributed by atoms with van der Waals surface area (Å²) in [6, 6.07) is 67.0. The molecule has 0 fully saturated rings. The van der Waals surface area contributed by atoms with Crippen molar-refractivity contribution in [1.29, 1.82) is 0 Å². The highest BCUT2D eigenvalue weighted by Gasteiger charge is 2.25. The second-order valence-corrected chi connectivity index (χ2v) is 12.5. The zero-order chi connectivity index (χ0) is 34.0. The fourth-order valence-electron chi connectivity index (χ4n) is 6.96. The van der Waals surface area contributed by atoms with Crippen molar-refractivity contribution in [2.45, 2.75) is 0 Å². The van der Waals surface area contributed by atoms with Crippen LogP contribution in [-0.4, -0.2) is 0 Å². The molecule has 242 valence electrons. The first-order valence-electron chi connectivity index (χ1n) is 17.2. The summed E-state index contributed by atoms with van der Waals surface area (Å²) in [6.07, 6.45) is 0. The fraction of sp³-hybridized carbons (Fsp3) is 0. The molecule has 0 aromatic heterocycles. The zero-order valence-corrected chi connectivity index (χ0v) is 27.8. The van der Waals surface area contributed by atoms with Crippen LogP contribution in [0.15, 0.2) is 194 Å². The van der Waals surface area contributed by atoms with Crippen LogP contribution in [0.3, 0.4) is 0 Å². The Bertz CT molecular complexity index is 2490. The maximum atomic E-state index is 7.12. The molecular weight excluding hydrogens is 623 g/mol. The number of benzene rings is 8. The van der Waals surface area contributed by atoms with Gasteiger partial charge in [-0.25, -0.2) is 0 Å². The molecule has 1 N–H and O–H groups in total. The average molecular weight is 656 g/mol. The monoisotopic (exact) mass is 655 g/mol. The number of hydrogen-bond donors (Lipinski definition) is 1. The van der Waals surface area contributed by atoms with Gasteiger partial charge in [0, 0.05) is 44.8 Å². The second kappa shape index (κ2) is 13.2. The number of para-hydroxylation sites is 4. The molecule has 0 bridgehead atoms. The van der Waals surface area contributed by atoms with Crippen molar-refractivity contribution in [2.75, 3.05) is 5.32 Å². The topological polar surface area (TPSA) is 30.5 Å². The summed E-state index contributed by atoms with van der Waals surface area (Å²) in [5.74, 6) is 3.06. The van der Waals surface area contributed by atoms with Gasteiger partial charge in [0.15, 0.2) is 0 Å². The molecule has 3 heteroatoms. The molecule has 9 rings (SSSR count). The lowest BCUT2D eigenvalue weighted by Gasteiger charge is -2.25. The van der Waals surface area contributed by atoms with E-state index in [9.17, 15) is 0 Å². The maximum absolute atomic E-state index is 7.12. The number of fused-ring (bicyclic) bond motifs is 6. The van der Waals surface area contributed by atoms with Gasteiger partial charge in [0.25, 0.3) is 0 Å². The number of anilines is 2. The molecule has 0 unspecified atom stereocenters. The van der Waals surface area contributed by atoms with E-state index in [2.05, 4.69) is 139 Å². The van der Waals surface area contributed by atoms with E-state index in [4.69, 9.17) is 9.47 Å². The molecule has 1 aliphatic rings. The summed E-state index contributed by atoms with van der Waals surface area (Å²) in [7, 11) is 0. The molecule has 0 saturated carbocycles. The summed E-state index contributed by atoms with van der Waals surface area (Å²) in [5.41, 5.74) is 12.3. The van der Waals surface area contributed by atoms with Gasteiger partial charge in [0.1, 0.15) is 23.0 Å². The lowest BCUT2D eigenvalue weighted by atomic mass is 9.89. The summed E-state index contributed by atoms with van der Waals surface area (Å²) in [6.45, 7) is 0. The van der Waals surface area contributed by atoms with Crippen LogP contribution in [0.2, 0.25) is 0 Å². The van der Waals surface area contributed by atoms with Crippen LogP contribution in [0.25, 0.3) is 55.6 Å². The minimum atomic E-state index is 0.752. The van der Waals surface area contributed by atoms with Crippen molar-refractivity contribution in [3.63, 3.8) is 0 Å². The van der Waals surface area contributed by atoms with Gasteiger partial charge in [-0.15, -0.1) is 0 Å². The highest BCUT2D eigenvalue weighted by atomic mass is 16.5. The minimum Gasteiger partial charge on any atom is -0.456 e. The van der Waals surface area contributed by atoms with Crippen molar-refractivity contribution in [2.24, 2.45) is 0 Å². The lowest BCUT2D eigenvalue weighted by molar-refractivity contribution is 0.473. The highest BCUT2D eigenvalue weighted by molar-refractivity contribution is 5.96. The van der Waals surface area contributed by atoms with Crippen LogP contribution in [-0.2, 0) is 0 Å². The van der Waals surface area contributed by atoms with Gasteiger partial charge in [-0.2, -0.15) is 0 Å². The normalized spacial score (nSPS) is 11.5. The number of rotatable bonds is 5. The first kappa shape index (κ1) is 30.2. The van der Waals surface area contributed by atoms with Gasteiger partial charge in [0.05, 0.1) is 0 Å². The van der Waals surface area contributed by atoms with E-state index < -0.39 is 0 Å². The van der Waals surface area contributed by atoms with Gasteiger partial charge in [-0.05, 0) is 64.7 Å². The van der Waals surface area contributed by atoms with E-state index in [0.717, 1.165) is 90.0 Å². The van der Waals surface area contributed by atoms with Crippen LogP contribution < -0.4 is 14.8 Å². The first-order chi connectivity index (χ1) is 25.3. The molecular formula is C48H33NO2. The van der Waals surface area contributed by atoms with E-state index in [-0.39, 0.29) is 0 Å². The molecule has 8 aromatic carbocycles. The molecule has 8 aromatic rings. The van der Waals surface area contributed by atoms with Crippen LogP contribution in [0.5, 0.6) is 23.0 Å². The number of hydrogen-bond acceptors (Lipinski definition) is 3. The third kappa shape index (κ3) is 5.81. The SMILES string of the molecule is c1ccc(Nc2ccc(-c3cccc4c3-c3cccc(-c5ccccc5)c3Oc3ccccc3-c3ccccc3O4)cc2-c2ccccc2)cc1. The Labute approximate surface area is 298 Å². The summed E-state index contributed by atoms with van der Waals surface area (Å²) >= 11 is 0. The largest absolute Gasteiger partial charge is 0.456 e. The third-order valence-corrected chi connectivity index (χ3v) is 9.36. The van der Waals surface area contributed by atoms with Crippen molar-refractivity contribution in [1.82, 2.24) is 0 Å². The Morgan fingerprint density at radius 3 is 1.53 bits per heavy atom. The summed E-state index contributed by atoms with van der Waals surface area (Å²) in [5, 5.41) is 3.66. The smallest absolute Gasteiger partial charge is 0.143 e. The molecule has 3 nitrogen and oxygen atoms in total. The van der Waals surface area contributed by atoms with Gasteiger partial charge in [-0.1, -0.05) is 152 Å². The maximum Gasteiger partial charge on any atom is 0.143 e. The Balaban J connectivity index is 1.31. The minimum absolute atomic E-state index is 0.752. The van der Waals surface area contributed by atoms with E-state index in [1.54, 1.807) is 0 Å². The molecule has 0 spiro atoms. The molecule has 0 saturated heterocycles. The zero-order valence-electron chi connectivity index (χ0n) is 27.8. The van der Waals surface area contributed by atoms with E-state index >= 15 is 0 Å². The van der Waals surface area contributed by atoms with Crippen LogP contribution in [0, 0.1) is 0 Å². The average Bonchev–Trinajstić information content (AvgIpc) is 3.20. The standard InChI is InChI=1S/C48H33NO2/c1-4-16-33(17-5-1)38-25-14-26-41-47-37(35-30-31-43(49-36-20-8-3-9-21-36)42(32-35)34-18-6-2-7-19-34)24-15-29-46(47)50-44-27-12-10-22-39(44)40-23-11-13-28-45(40)51-48(38)41/h1-32,49H. The quantitative estimate of drug-likeness (QED) is 0.200. The van der Waals surface area contributed by atoms with E-state index in [1.807, 2.05) is 60.7 Å². The van der Waals surface area contributed by atoms with Gasteiger partial charge in [0.2, 0.25) is 0 Å². The first-order valence-corrected chi connectivity index (χ1v) is 17.2.